The number of aromatic amines is 1. The van der Waals surface area contributed by atoms with E-state index in [1.807, 2.05) is 0 Å². The van der Waals surface area contributed by atoms with Crippen molar-refractivity contribution >= 4 is 40.9 Å². The zero-order valence-corrected chi connectivity index (χ0v) is 16.5. The van der Waals surface area contributed by atoms with Crippen LogP contribution in [0.4, 0.5) is 17.5 Å². The molecule has 2 aromatic rings. The van der Waals surface area contributed by atoms with Gasteiger partial charge in [0.1, 0.15) is 5.82 Å². The number of benzene rings is 1. The highest BCUT2D eigenvalue weighted by Crippen LogP contribution is 2.30. The van der Waals surface area contributed by atoms with Crippen LogP contribution >= 0.6 is 11.6 Å². The molecule has 8 nitrogen and oxygen atoms in total. The Bertz CT molecular complexity index is 983. The summed E-state index contributed by atoms with van der Waals surface area (Å²) >= 11 is 5.88. The molecule has 0 spiro atoms. The van der Waals surface area contributed by atoms with Crippen molar-refractivity contribution in [1.82, 2.24) is 15.3 Å². The molecular formula is C20H22ClN5O3. The van der Waals surface area contributed by atoms with E-state index in [-0.39, 0.29) is 41.6 Å². The number of halogens is 1. The average molecular weight is 416 g/mol. The van der Waals surface area contributed by atoms with Crippen molar-refractivity contribution in [2.75, 3.05) is 10.6 Å². The van der Waals surface area contributed by atoms with Crippen LogP contribution < -0.4 is 21.5 Å². The minimum Gasteiger partial charge on any atom is -0.353 e. The van der Waals surface area contributed by atoms with Gasteiger partial charge in [0.05, 0.1) is 11.5 Å². The van der Waals surface area contributed by atoms with Crippen LogP contribution in [-0.2, 0) is 9.59 Å². The van der Waals surface area contributed by atoms with E-state index in [1.165, 1.54) is 6.42 Å². The highest BCUT2D eigenvalue weighted by atomic mass is 35.5. The van der Waals surface area contributed by atoms with Gasteiger partial charge >= 0.3 is 0 Å². The summed E-state index contributed by atoms with van der Waals surface area (Å²) in [4.78, 5) is 44.7. The fraction of sp³-hybridized carbons (Fsp3) is 0.400. The van der Waals surface area contributed by atoms with Crippen molar-refractivity contribution < 1.29 is 9.59 Å². The van der Waals surface area contributed by atoms with Gasteiger partial charge in [-0.15, -0.1) is 0 Å². The topological polar surface area (TPSA) is 116 Å². The molecule has 0 bridgehead atoms. The molecule has 9 heteroatoms. The smallest absolute Gasteiger partial charge is 0.258 e. The van der Waals surface area contributed by atoms with Crippen LogP contribution in [0.5, 0.6) is 0 Å². The Balaban J connectivity index is 1.58. The minimum absolute atomic E-state index is 0.0692. The van der Waals surface area contributed by atoms with Crippen molar-refractivity contribution in [2.24, 2.45) is 0 Å². The summed E-state index contributed by atoms with van der Waals surface area (Å²) in [5, 5.41) is 9.18. The van der Waals surface area contributed by atoms with Crippen molar-refractivity contribution in [3.8, 4) is 0 Å². The lowest BCUT2D eigenvalue weighted by atomic mass is 9.90. The zero-order valence-electron chi connectivity index (χ0n) is 15.8. The SMILES string of the molecule is O=C1C[C@H](C(=O)NC2CCCCC2)c2c(nc(Nc3ccc(Cl)cc3)[nH]c2=O)N1. The first-order valence-corrected chi connectivity index (χ1v) is 10.1. The van der Waals surface area contributed by atoms with Gasteiger partial charge in [0.25, 0.3) is 5.56 Å². The third kappa shape index (κ3) is 4.42. The minimum atomic E-state index is -0.846. The summed E-state index contributed by atoms with van der Waals surface area (Å²) < 4.78 is 0. The number of hydrogen-bond acceptors (Lipinski definition) is 5. The van der Waals surface area contributed by atoms with Gasteiger partial charge < -0.3 is 16.0 Å². The predicted molar refractivity (Wildman–Crippen MR) is 111 cm³/mol. The third-order valence-electron chi connectivity index (χ3n) is 5.33. The van der Waals surface area contributed by atoms with Gasteiger partial charge in [-0.3, -0.25) is 19.4 Å². The number of carbonyl (C=O) groups is 2. The fourth-order valence-electron chi connectivity index (χ4n) is 3.87. The van der Waals surface area contributed by atoms with Crippen molar-refractivity contribution in [2.45, 2.75) is 50.5 Å². The number of nitrogens with zero attached hydrogens (tertiary/aromatic N) is 1. The Morgan fingerprint density at radius 1 is 1.10 bits per heavy atom. The number of fused-ring (bicyclic) bond motifs is 1. The number of aromatic nitrogens is 2. The molecule has 1 aliphatic heterocycles. The molecule has 0 unspecified atom stereocenters. The highest BCUT2D eigenvalue weighted by Gasteiger charge is 2.35. The molecule has 2 heterocycles. The first kappa shape index (κ1) is 19.4. The molecule has 29 heavy (non-hydrogen) atoms. The van der Waals surface area contributed by atoms with Crippen LogP contribution in [0.3, 0.4) is 0 Å². The average Bonchev–Trinajstić information content (AvgIpc) is 2.69. The van der Waals surface area contributed by atoms with E-state index in [0.717, 1.165) is 25.7 Å². The fourth-order valence-corrected chi connectivity index (χ4v) is 4.00. The summed E-state index contributed by atoms with van der Waals surface area (Å²) in [7, 11) is 0. The molecule has 4 rings (SSSR count). The lowest BCUT2D eigenvalue weighted by molar-refractivity contribution is -0.127. The number of nitrogens with one attached hydrogen (secondary N) is 4. The lowest BCUT2D eigenvalue weighted by Gasteiger charge is -2.27. The summed E-state index contributed by atoms with van der Waals surface area (Å²) in [6.07, 6.45) is 5.11. The van der Waals surface area contributed by atoms with E-state index in [2.05, 4.69) is 25.9 Å². The van der Waals surface area contributed by atoms with Crippen molar-refractivity contribution in [3.05, 3.63) is 45.2 Å². The van der Waals surface area contributed by atoms with Crippen LogP contribution in [0.25, 0.3) is 0 Å². The van der Waals surface area contributed by atoms with Crippen LogP contribution in [-0.4, -0.2) is 27.8 Å². The Hall–Kier alpha value is -2.87. The van der Waals surface area contributed by atoms with Crippen LogP contribution in [0.15, 0.2) is 29.1 Å². The first-order valence-electron chi connectivity index (χ1n) is 9.76. The summed E-state index contributed by atoms with van der Waals surface area (Å²) in [6.45, 7) is 0. The third-order valence-corrected chi connectivity index (χ3v) is 5.58. The number of H-pyrrole nitrogens is 1. The van der Waals surface area contributed by atoms with E-state index in [4.69, 9.17) is 11.6 Å². The first-order chi connectivity index (χ1) is 14.0. The van der Waals surface area contributed by atoms with Gasteiger partial charge in [-0.1, -0.05) is 30.9 Å². The second-order valence-corrected chi connectivity index (χ2v) is 7.89. The molecule has 1 aliphatic carbocycles. The maximum absolute atomic E-state index is 12.8. The highest BCUT2D eigenvalue weighted by molar-refractivity contribution is 6.30. The quantitative estimate of drug-likeness (QED) is 0.612. The number of hydrogen-bond donors (Lipinski definition) is 4. The van der Waals surface area contributed by atoms with Gasteiger partial charge in [-0.05, 0) is 37.1 Å². The summed E-state index contributed by atoms with van der Waals surface area (Å²) in [6, 6.07) is 6.98. The molecule has 4 N–H and O–H groups in total. The van der Waals surface area contributed by atoms with E-state index in [1.54, 1.807) is 24.3 Å². The van der Waals surface area contributed by atoms with Crippen LogP contribution in [0.1, 0.15) is 50.0 Å². The largest absolute Gasteiger partial charge is 0.353 e. The summed E-state index contributed by atoms with van der Waals surface area (Å²) in [5.41, 5.74) is 0.418. The summed E-state index contributed by atoms with van der Waals surface area (Å²) in [5.74, 6) is -1.19. The number of anilines is 3. The van der Waals surface area contributed by atoms with E-state index < -0.39 is 11.5 Å². The van der Waals surface area contributed by atoms with Crippen molar-refractivity contribution in [3.63, 3.8) is 0 Å². The Morgan fingerprint density at radius 2 is 1.83 bits per heavy atom. The molecule has 1 aromatic heterocycles. The Labute approximate surface area is 172 Å². The number of carbonyl (C=O) groups excluding carboxylic acids is 2. The Morgan fingerprint density at radius 3 is 2.55 bits per heavy atom. The van der Waals surface area contributed by atoms with E-state index in [0.29, 0.717) is 10.7 Å². The van der Waals surface area contributed by atoms with Gasteiger partial charge in [0.15, 0.2) is 0 Å². The Kier molecular flexibility index (Phi) is 5.53. The zero-order chi connectivity index (χ0) is 20.4. The van der Waals surface area contributed by atoms with Gasteiger partial charge in [0.2, 0.25) is 17.8 Å². The maximum atomic E-state index is 12.8. The predicted octanol–water partition coefficient (Wildman–Crippen LogP) is 3.04. The van der Waals surface area contributed by atoms with Crippen LogP contribution in [0, 0.1) is 0 Å². The molecule has 0 saturated heterocycles. The van der Waals surface area contributed by atoms with Gasteiger partial charge in [-0.25, -0.2) is 0 Å². The monoisotopic (exact) mass is 415 g/mol. The number of rotatable bonds is 4. The molecule has 152 valence electrons. The van der Waals surface area contributed by atoms with Crippen molar-refractivity contribution in [1.29, 1.82) is 0 Å². The van der Waals surface area contributed by atoms with E-state index >= 15 is 0 Å². The van der Waals surface area contributed by atoms with Crippen LogP contribution in [0.2, 0.25) is 5.02 Å². The standard InChI is InChI=1S/C20H22ClN5O3/c21-11-6-8-13(9-7-11)23-20-25-17-16(19(29)26-20)14(10-15(27)24-17)18(28)22-12-4-2-1-3-5-12/h6-9,12,14H,1-5,10H2,(H,22,28)(H3,23,24,25,26,27,29)/t14-/m0/s1. The lowest BCUT2D eigenvalue weighted by Crippen LogP contribution is -2.43. The molecule has 2 amide bonds. The second-order valence-electron chi connectivity index (χ2n) is 7.46. The molecule has 0 radical (unpaired) electrons. The molecule has 1 aromatic carbocycles. The second kappa shape index (κ2) is 8.24. The molecule has 1 fully saturated rings. The van der Waals surface area contributed by atoms with Gasteiger partial charge in [0, 0.05) is 23.2 Å². The maximum Gasteiger partial charge on any atom is 0.258 e. The molecule has 1 atom stereocenters. The molecule has 1 saturated carbocycles. The molecular weight excluding hydrogens is 394 g/mol. The molecule has 2 aliphatic rings. The normalized spacial score (nSPS) is 19.2. The number of amides is 2. The van der Waals surface area contributed by atoms with Gasteiger partial charge in [-0.2, -0.15) is 4.98 Å². The van der Waals surface area contributed by atoms with E-state index in [9.17, 15) is 14.4 Å².